The van der Waals surface area contributed by atoms with Crippen molar-refractivity contribution in [2.75, 3.05) is 13.2 Å². The molecule has 9 heavy (non-hydrogen) atoms. The van der Waals surface area contributed by atoms with Gasteiger partial charge in [-0.05, 0) is 25.6 Å². The molecule has 0 unspecified atom stereocenters. The van der Waals surface area contributed by atoms with Gasteiger partial charge in [0.25, 0.3) is 0 Å². The number of hydrogen-bond acceptors (Lipinski definition) is 3. The fraction of sp³-hybridized carbons (Fsp3) is 0.833. The highest BCUT2D eigenvalue weighted by Crippen LogP contribution is 1.93. The number of rotatable bonds is 4. The van der Waals surface area contributed by atoms with Crippen molar-refractivity contribution >= 4 is 17.3 Å². The molecule has 0 atom stereocenters. The zero-order chi connectivity index (χ0) is 7.11. The molecule has 0 heterocycles. The van der Waals surface area contributed by atoms with Crippen LogP contribution in [0.5, 0.6) is 0 Å². The summed E-state index contributed by atoms with van der Waals surface area (Å²) in [6.45, 7) is 2.71. The summed E-state index contributed by atoms with van der Waals surface area (Å²) in [5.41, 5.74) is 0. The normalized spacial score (nSPS) is 9.11. The van der Waals surface area contributed by atoms with Crippen LogP contribution in [0, 0.1) is 0 Å². The Bertz CT molecular complexity index is 83.1. The maximum absolute atomic E-state index is 8.37. The average molecular weight is 148 g/mol. The molecule has 0 spiro atoms. The van der Waals surface area contributed by atoms with Crippen molar-refractivity contribution in [1.82, 2.24) is 0 Å². The largest absolute Gasteiger partial charge is 0.487 e. The minimum atomic E-state index is 0.188. The van der Waals surface area contributed by atoms with E-state index in [0.717, 1.165) is 0 Å². The summed E-state index contributed by atoms with van der Waals surface area (Å²) in [6, 6.07) is 0. The van der Waals surface area contributed by atoms with Crippen molar-refractivity contribution in [2.45, 2.75) is 19.8 Å². The fourth-order valence-electron chi connectivity index (χ4n) is 0.457. The van der Waals surface area contributed by atoms with Crippen LogP contribution in [-0.2, 0) is 4.74 Å². The predicted octanol–water partition coefficient (Wildman–Crippen LogP) is 1.12. The highest BCUT2D eigenvalue weighted by atomic mass is 32.1. The second-order valence-corrected chi connectivity index (χ2v) is 2.09. The number of ether oxygens (including phenoxy) is 1. The second-order valence-electron chi connectivity index (χ2n) is 1.63. The zero-order valence-electron chi connectivity index (χ0n) is 5.59. The highest BCUT2D eigenvalue weighted by molar-refractivity contribution is 7.80. The zero-order valence-corrected chi connectivity index (χ0v) is 6.41. The van der Waals surface area contributed by atoms with Crippen molar-refractivity contribution in [3.63, 3.8) is 0 Å². The maximum atomic E-state index is 8.37. The Balaban J connectivity index is 3.06. The van der Waals surface area contributed by atoms with Crippen LogP contribution in [0.25, 0.3) is 0 Å². The molecule has 0 aromatic rings. The van der Waals surface area contributed by atoms with Crippen molar-refractivity contribution in [3.8, 4) is 0 Å². The number of thiocarbonyl (C=S) groups is 1. The quantitative estimate of drug-likeness (QED) is 0.606. The van der Waals surface area contributed by atoms with Gasteiger partial charge < -0.3 is 9.84 Å². The van der Waals surface area contributed by atoms with E-state index in [-0.39, 0.29) is 6.61 Å². The van der Waals surface area contributed by atoms with Gasteiger partial charge in [-0.3, -0.25) is 0 Å². The smallest absolute Gasteiger partial charge is 0.159 e. The molecule has 2 nitrogen and oxygen atoms in total. The van der Waals surface area contributed by atoms with Crippen LogP contribution in [0.1, 0.15) is 19.8 Å². The third-order valence-corrected chi connectivity index (χ3v) is 1.17. The molecule has 0 aliphatic rings. The average Bonchev–Trinajstić information content (AvgIpc) is 1.85. The number of aliphatic hydroxyl groups is 1. The Hall–Kier alpha value is -0.150. The molecule has 54 valence electrons. The van der Waals surface area contributed by atoms with Crippen LogP contribution in [0.2, 0.25) is 0 Å². The third-order valence-electron chi connectivity index (χ3n) is 0.844. The van der Waals surface area contributed by atoms with Crippen LogP contribution >= 0.6 is 12.2 Å². The van der Waals surface area contributed by atoms with Crippen LogP contribution in [0.3, 0.4) is 0 Å². The van der Waals surface area contributed by atoms with Gasteiger partial charge in [-0.1, -0.05) is 0 Å². The molecule has 0 saturated carbocycles. The van der Waals surface area contributed by atoms with E-state index < -0.39 is 0 Å². The molecule has 1 N–H and O–H groups in total. The SMILES string of the molecule is CCOC(=S)CCCO. The lowest BCUT2D eigenvalue weighted by Gasteiger charge is -2.01. The summed E-state index contributed by atoms with van der Waals surface area (Å²) in [4.78, 5) is 0. The first-order valence-electron chi connectivity index (χ1n) is 3.07. The van der Waals surface area contributed by atoms with Gasteiger partial charge in [-0.25, -0.2) is 0 Å². The molecule has 0 rings (SSSR count). The molecule has 0 amide bonds. The molecule has 0 fully saturated rings. The van der Waals surface area contributed by atoms with Gasteiger partial charge in [-0.15, -0.1) is 0 Å². The van der Waals surface area contributed by atoms with E-state index in [1.165, 1.54) is 0 Å². The summed E-state index contributed by atoms with van der Waals surface area (Å²) < 4.78 is 4.96. The van der Waals surface area contributed by atoms with Crippen LogP contribution in [-0.4, -0.2) is 23.4 Å². The first kappa shape index (κ1) is 8.85. The Morgan fingerprint density at radius 1 is 1.67 bits per heavy atom. The molecular weight excluding hydrogens is 136 g/mol. The van der Waals surface area contributed by atoms with Gasteiger partial charge in [-0.2, -0.15) is 0 Å². The van der Waals surface area contributed by atoms with E-state index in [0.29, 0.717) is 24.5 Å². The molecular formula is C6H12O2S. The van der Waals surface area contributed by atoms with E-state index in [1.807, 2.05) is 6.92 Å². The van der Waals surface area contributed by atoms with E-state index in [4.69, 9.17) is 22.1 Å². The molecule has 0 radical (unpaired) electrons. The summed E-state index contributed by atoms with van der Waals surface area (Å²) in [7, 11) is 0. The van der Waals surface area contributed by atoms with Gasteiger partial charge in [0.1, 0.15) is 0 Å². The summed E-state index contributed by atoms with van der Waals surface area (Å²) in [5.74, 6) is 0. The van der Waals surface area contributed by atoms with Gasteiger partial charge in [0.15, 0.2) is 5.05 Å². The number of aliphatic hydroxyl groups excluding tert-OH is 1. The van der Waals surface area contributed by atoms with Crippen LogP contribution < -0.4 is 0 Å². The van der Waals surface area contributed by atoms with Gasteiger partial charge >= 0.3 is 0 Å². The van der Waals surface area contributed by atoms with Crippen LogP contribution in [0.15, 0.2) is 0 Å². The van der Waals surface area contributed by atoms with E-state index in [2.05, 4.69) is 0 Å². The minimum Gasteiger partial charge on any atom is -0.487 e. The van der Waals surface area contributed by atoms with E-state index in [1.54, 1.807) is 0 Å². The lowest BCUT2D eigenvalue weighted by atomic mass is 10.3. The Morgan fingerprint density at radius 2 is 2.33 bits per heavy atom. The van der Waals surface area contributed by atoms with Crippen molar-refractivity contribution in [1.29, 1.82) is 0 Å². The van der Waals surface area contributed by atoms with E-state index >= 15 is 0 Å². The van der Waals surface area contributed by atoms with Gasteiger partial charge in [0, 0.05) is 13.0 Å². The second kappa shape index (κ2) is 5.98. The maximum Gasteiger partial charge on any atom is 0.159 e. The lowest BCUT2D eigenvalue weighted by molar-refractivity contribution is 0.280. The Kier molecular flexibility index (Phi) is 5.88. The molecule has 0 aliphatic heterocycles. The standard InChI is InChI=1S/C6H12O2S/c1-2-8-6(9)4-3-5-7/h7H,2-5H2,1H3. The molecule has 0 bridgehead atoms. The summed E-state index contributed by atoms with van der Waals surface area (Å²) in [6.07, 6.45) is 1.40. The molecule has 0 aliphatic carbocycles. The van der Waals surface area contributed by atoms with Crippen molar-refractivity contribution in [2.24, 2.45) is 0 Å². The molecule has 3 heteroatoms. The summed E-state index contributed by atoms with van der Waals surface area (Å²) >= 11 is 4.79. The highest BCUT2D eigenvalue weighted by Gasteiger charge is 1.93. The van der Waals surface area contributed by atoms with Gasteiger partial charge in [0.2, 0.25) is 0 Å². The monoisotopic (exact) mass is 148 g/mol. The lowest BCUT2D eigenvalue weighted by Crippen LogP contribution is -2.01. The first-order chi connectivity index (χ1) is 4.31. The summed E-state index contributed by atoms with van der Waals surface area (Å²) in [5, 5.41) is 8.97. The molecule has 0 aromatic carbocycles. The van der Waals surface area contributed by atoms with Crippen molar-refractivity contribution in [3.05, 3.63) is 0 Å². The Morgan fingerprint density at radius 3 is 2.78 bits per heavy atom. The minimum absolute atomic E-state index is 0.188. The van der Waals surface area contributed by atoms with Crippen LogP contribution in [0.4, 0.5) is 0 Å². The third kappa shape index (κ3) is 5.73. The fourth-order valence-corrected chi connectivity index (χ4v) is 0.719. The molecule has 0 aromatic heterocycles. The molecule has 0 saturated heterocycles. The van der Waals surface area contributed by atoms with E-state index in [9.17, 15) is 0 Å². The Labute approximate surface area is 60.8 Å². The topological polar surface area (TPSA) is 29.5 Å². The predicted molar refractivity (Wildman–Crippen MR) is 40.5 cm³/mol. The van der Waals surface area contributed by atoms with Crippen molar-refractivity contribution < 1.29 is 9.84 Å². The first-order valence-corrected chi connectivity index (χ1v) is 3.48. The number of hydrogen-bond donors (Lipinski definition) is 1. The van der Waals surface area contributed by atoms with Gasteiger partial charge in [0.05, 0.1) is 6.61 Å².